The normalized spacial score (nSPS) is 10.8. The van der Waals surface area contributed by atoms with Crippen molar-refractivity contribution in [2.45, 2.75) is 13.8 Å². The van der Waals surface area contributed by atoms with Crippen molar-refractivity contribution < 1.29 is 4.39 Å². The number of aromatic nitrogens is 4. The van der Waals surface area contributed by atoms with E-state index in [2.05, 4.69) is 15.5 Å². The van der Waals surface area contributed by atoms with E-state index in [-0.39, 0.29) is 5.82 Å². The van der Waals surface area contributed by atoms with Gasteiger partial charge >= 0.3 is 0 Å². The van der Waals surface area contributed by atoms with E-state index < -0.39 is 0 Å². The number of nitrogen functional groups attached to an aromatic ring is 1. The third-order valence-electron chi connectivity index (χ3n) is 3.43. The molecule has 0 atom stereocenters. The molecule has 1 aromatic heterocycles. The number of halogens is 1. The zero-order valence-corrected chi connectivity index (χ0v) is 11.7. The minimum absolute atomic E-state index is 0.289. The number of aryl methyl sites for hydroxylation is 1. The molecule has 21 heavy (non-hydrogen) atoms. The van der Waals surface area contributed by atoms with Crippen molar-refractivity contribution in [3.8, 4) is 17.1 Å². The molecule has 0 aliphatic heterocycles. The standard InChI is InChI=1S/C15H14FN5/c1-9-8-11(17)6-7-12(9)15-18-19-20-21(15)14-5-3-4-13(16)10(14)2/h3-8H,17H2,1-2H3. The number of hydrogen-bond acceptors (Lipinski definition) is 4. The van der Waals surface area contributed by atoms with E-state index in [0.717, 1.165) is 11.1 Å². The quantitative estimate of drug-likeness (QED) is 0.734. The number of nitrogens with zero attached hydrogens (tertiary/aromatic N) is 4. The molecule has 0 spiro atoms. The Labute approximate surface area is 121 Å². The van der Waals surface area contributed by atoms with Crippen molar-refractivity contribution in [2.75, 3.05) is 5.73 Å². The van der Waals surface area contributed by atoms with Crippen molar-refractivity contribution in [3.05, 3.63) is 53.3 Å². The van der Waals surface area contributed by atoms with Crippen LogP contribution in [0.25, 0.3) is 17.1 Å². The summed E-state index contributed by atoms with van der Waals surface area (Å²) in [6.07, 6.45) is 0. The van der Waals surface area contributed by atoms with Crippen LogP contribution in [0, 0.1) is 19.7 Å². The molecule has 0 fully saturated rings. The predicted octanol–water partition coefficient (Wildman–Crippen LogP) is 2.67. The zero-order chi connectivity index (χ0) is 15.0. The second-order valence-electron chi connectivity index (χ2n) is 4.87. The molecule has 5 nitrogen and oxygen atoms in total. The summed E-state index contributed by atoms with van der Waals surface area (Å²) >= 11 is 0. The van der Waals surface area contributed by atoms with E-state index in [1.807, 2.05) is 19.1 Å². The lowest BCUT2D eigenvalue weighted by molar-refractivity contribution is 0.614. The smallest absolute Gasteiger partial charge is 0.187 e. The highest BCUT2D eigenvalue weighted by Crippen LogP contribution is 2.26. The van der Waals surface area contributed by atoms with Gasteiger partial charge in [0.25, 0.3) is 0 Å². The first-order valence-electron chi connectivity index (χ1n) is 6.48. The van der Waals surface area contributed by atoms with E-state index in [1.54, 1.807) is 25.1 Å². The second-order valence-corrected chi connectivity index (χ2v) is 4.87. The van der Waals surface area contributed by atoms with Crippen LogP contribution >= 0.6 is 0 Å². The highest BCUT2D eigenvalue weighted by Gasteiger charge is 2.15. The Morgan fingerprint density at radius 3 is 2.71 bits per heavy atom. The van der Waals surface area contributed by atoms with Crippen LogP contribution < -0.4 is 5.73 Å². The first kappa shape index (κ1) is 13.2. The predicted molar refractivity (Wildman–Crippen MR) is 78.4 cm³/mol. The molecule has 3 rings (SSSR count). The largest absolute Gasteiger partial charge is 0.399 e. The number of tetrazole rings is 1. The van der Waals surface area contributed by atoms with Crippen LogP contribution in [0.3, 0.4) is 0 Å². The Morgan fingerprint density at radius 1 is 1.14 bits per heavy atom. The van der Waals surface area contributed by atoms with Gasteiger partial charge in [0.2, 0.25) is 0 Å². The van der Waals surface area contributed by atoms with Gasteiger partial charge in [0.15, 0.2) is 5.82 Å². The maximum Gasteiger partial charge on any atom is 0.187 e. The van der Waals surface area contributed by atoms with Crippen LogP contribution in [0.2, 0.25) is 0 Å². The number of rotatable bonds is 2. The van der Waals surface area contributed by atoms with Crippen molar-refractivity contribution >= 4 is 5.69 Å². The topological polar surface area (TPSA) is 69.6 Å². The number of benzene rings is 2. The summed E-state index contributed by atoms with van der Waals surface area (Å²) in [6, 6.07) is 10.3. The average Bonchev–Trinajstić information content (AvgIpc) is 2.91. The Hall–Kier alpha value is -2.76. The maximum atomic E-state index is 13.7. The zero-order valence-electron chi connectivity index (χ0n) is 11.7. The Balaban J connectivity index is 2.20. The van der Waals surface area contributed by atoms with Gasteiger partial charge in [0, 0.05) is 16.8 Å². The van der Waals surface area contributed by atoms with E-state index in [9.17, 15) is 4.39 Å². The molecule has 0 radical (unpaired) electrons. The van der Waals surface area contributed by atoms with Crippen molar-refractivity contribution in [2.24, 2.45) is 0 Å². The van der Waals surface area contributed by atoms with E-state index >= 15 is 0 Å². The summed E-state index contributed by atoms with van der Waals surface area (Å²) in [4.78, 5) is 0. The fourth-order valence-electron chi connectivity index (χ4n) is 2.28. The molecule has 106 valence electrons. The summed E-state index contributed by atoms with van der Waals surface area (Å²) in [5.74, 6) is 0.268. The summed E-state index contributed by atoms with van der Waals surface area (Å²) in [6.45, 7) is 3.63. The second kappa shape index (κ2) is 4.97. The van der Waals surface area contributed by atoms with E-state index in [1.165, 1.54) is 10.7 Å². The molecule has 1 heterocycles. The van der Waals surface area contributed by atoms with Crippen molar-refractivity contribution in [3.63, 3.8) is 0 Å². The lowest BCUT2D eigenvalue weighted by atomic mass is 10.1. The molecule has 6 heteroatoms. The van der Waals surface area contributed by atoms with Gasteiger partial charge in [-0.15, -0.1) is 5.10 Å². The molecular weight excluding hydrogens is 269 g/mol. The third kappa shape index (κ3) is 2.24. The van der Waals surface area contributed by atoms with Crippen LogP contribution in [0.15, 0.2) is 36.4 Å². The number of hydrogen-bond donors (Lipinski definition) is 1. The number of nitrogens with two attached hydrogens (primary N) is 1. The van der Waals surface area contributed by atoms with Crippen LogP contribution in [-0.2, 0) is 0 Å². The van der Waals surface area contributed by atoms with Gasteiger partial charge in [-0.05, 0) is 60.2 Å². The summed E-state index contributed by atoms with van der Waals surface area (Å²) < 4.78 is 15.3. The Kier molecular flexibility index (Phi) is 3.13. The molecule has 0 saturated carbocycles. The van der Waals surface area contributed by atoms with Crippen LogP contribution in [0.4, 0.5) is 10.1 Å². The monoisotopic (exact) mass is 283 g/mol. The fraction of sp³-hybridized carbons (Fsp3) is 0.133. The minimum Gasteiger partial charge on any atom is -0.399 e. The van der Waals surface area contributed by atoms with Gasteiger partial charge in [-0.25, -0.2) is 4.39 Å². The Morgan fingerprint density at radius 2 is 1.95 bits per heavy atom. The molecule has 2 aromatic carbocycles. The van der Waals surface area contributed by atoms with Gasteiger partial charge in [0.05, 0.1) is 5.69 Å². The van der Waals surface area contributed by atoms with E-state index in [0.29, 0.717) is 22.8 Å². The van der Waals surface area contributed by atoms with Crippen molar-refractivity contribution in [1.29, 1.82) is 0 Å². The van der Waals surface area contributed by atoms with Crippen molar-refractivity contribution in [1.82, 2.24) is 20.2 Å². The van der Waals surface area contributed by atoms with Gasteiger partial charge < -0.3 is 5.73 Å². The molecule has 3 aromatic rings. The van der Waals surface area contributed by atoms with Crippen LogP contribution in [-0.4, -0.2) is 20.2 Å². The fourth-order valence-corrected chi connectivity index (χ4v) is 2.28. The van der Waals surface area contributed by atoms with Crippen LogP contribution in [0.1, 0.15) is 11.1 Å². The van der Waals surface area contributed by atoms with Gasteiger partial charge in [0.1, 0.15) is 5.82 Å². The molecular formula is C15H14FN5. The number of anilines is 1. The summed E-state index contributed by atoms with van der Waals surface area (Å²) in [7, 11) is 0. The lowest BCUT2D eigenvalue weighted by Gasteiger charge is -2.10. The minimum atomic E-state index is -0.289. The van der Waals surface area contributed by atoms with Gasteiger partial charge in [-0.3, -0.25) is 0 Å². The Bertz CT molecular complexity index is 810. The summed E-state index contributed by atoms with van der Waals surface area (Å²) in [5.41, 5.74) is 9.38. The first-order valence-corrected chi connectivity index (χ1v) is 6.48. The van der Waals surface area contributed by atoms with E-state index in [4.69, 9.17) is 5.73 Å². The SMILES string of the molecule is Cc1cc(N)ccc1-c1nnnn1-c1cccc(F)c1C. The molecule has 0 aliphatic carbocycles. The van der Waals surface area contributed by atoms with Gasteiger partial charge in [-0.2, -0.15) is 4.68 Å². The maximum absolute atomic E-state index is 13.7. The molecule has 0 aliphatic rings. The third-order valence-corrected chi connectivity index (χ3v) is 3.43. The molecule has 0 amide bonds. The average molecular weight is 283 g/mol. The van der Waals surface area contributed by atoms with Crippen LogP contribution in [0.5, 0.6) is 0 Å². The highest BCUT2D eigenvalue weighted by atomic mass is 19.1. The molecule has 0 saturated heterocycles. The molecule has 0 bridgehead atoms. The molecule has 0 unspecified atom stereocenters. The molecule has 2 N–H and O–H groups in total. The first-order chi connectivity index (χ1) is 10.1. The highest BCUT2D eigenvalue weighted by molar-refractivity contribution is 5.65. The van der Waals surface area contributed by atoms with Gasteiger partial charge in [-0.1, -0.05) is 6.07 Å². The lowest BCUT2D eigenvalue weighted by Crippen LogP contribution is -2.04. The summed E-state index contributed by atoms with van der Waals surface area (Å²) in [5, 5.41) is 11.8.